The number of rotatable bonds is 2. The Morgan fingerprint density at radius 1 is 1.12 bits per heavy atom. The van der Waals surface area contributed by atoms with E-state index in [0.29, 0.717) is 6.04 Å². The summed E-state index contributed by atoms with van der Waals surface area (Å²) in [5, 5.41) is 9.45. The largest absolute Gasteiger partial charge is 0.393 e. The van der Waals surface area contributed by atoms with Crippen LogP contribution in [0.15, 0.2) is 0 Å². The lowest BCUT2D eigenvalue weighted by molar-refractivity contribution is -0.139. The zero-order chi connectivity index (χ0) is 12.3. The Bertz CT molecular complexity index is 255. The minimum absolute atomic E-state index is 0.131. The fourth-order valence-electron chi connectivity index (χ4n) is 2.86. The summed E-state index contributed by atoms with van der Waals surface area (Å²) in [5.74, 6) is 0.398. The Hall–Kier alpha value is -0.610. The van der Waals surface area contributed by atoms with Gasteiger partial charge in [0, 0.05) is 32.2 Å². The van der Waals surface area contributed by atoms with Crippen LogP contribution >= 0.6 is 0 Å². The molecule has 0 bridgehead atoms. The Morgan fingerprint density at radius 3 is 2.29 bits per heavy atom. The Balaban J connectivity index is 1.85. The van der Waals surface area contributed by atoms with Gasteiger partial charge in [0.05, 0.1) is 6.10 Å². The molecule has 2 rings (SSSR count). The smallest absolute Gasteiger partial charge is 0.225 e. The second-order valence-electron chi connectivity index (χ2n) is 5.30. The van der Waals surface area contributed by atoms with Crippen molar-refractivity contribution < 1.29 is 14.6 Å². The maximum Gasteiger partial charge on any atom is 0.225 e. The van der Waals surface area contributed by atoms with Gasteiger partial charge in [0.15, 0.2) is 0 Å². The molecule has 98 valence electrons. The molecule has 0 aromatic carbocycles. The first-order valence-corrected chi connectivity index (χ1v) is 6.71. The van der Waals surface area contributed by atoms with Crippen molar-refractivity contribution in [3.63, 3.8) is 0 Å². The number of hydrogen-bond donors (Lipinski definition) is 1. The minimum atomic E-state index is -0.188. The van der Waals surface area contributed by atoms with Gasteiger partial charge in [-0.1, -0.05) is 0 Å². The molecule has 4 nitrogen and oxygen atoms in total. The fraction of sp³-hybridized carbons (Fsp3) is 0.923. The predicted octanol–water partition coefficient (Wildman–Crippen LogP) is 1.17. The van der Waals surface area contributed by atoms with Crippen LogP contribution in [0.25, 0.3) is 0 Å². The highest BCUT2D eigenvalue weighted by atomic mass is 16.5. The van der Waals surface area contributed by atoms with E-state index in [1.54, 1.807) is 0 Å². The lowest BCUT2D eigenvalue weighted by Gasteiger charge is -2.35. The van der Waals surface area contributed by atoms with Gasteiger partial charge in [-0.2, -0.15) is 0 Å². The van der Waals surface area contributed by atoms with Crippen molar-refractivity contribution in [1.29, 1.82) is 0 Å². The highest BCUT2D eigenvalue weighted by molar-refractivity contribution is 5.79. The molecule has 1 N–H and O–H groups in total. The van der Waals surface area contributed by atoms with E-state index >= 15 is 0 Å². The molecule has 0 aromatic heterocycles. The van der Waals surface area contributed by atoms with E-state index in [0.717, 1.165) is 51.7 Å². The lowest BCUT2D eigenvalue weighted by Crippen LogP contribution is -2.44. The topological polar surface area (TPSA) is 49.8 Å². The zero-order valence-electron chi connectivity index (χ0n) is 10.6. The number of hydrogen-bond acceptors (Lipinski definition) is 3. The SMILES string of the molecule is CN(C(=O)C1CCC(O)CC1)C1CCOCC1. The molecule has 0 spiro atoms. The number of carbonyl (C=O) groups is 1. The first-order valence-electron chi connectivity index (χ1n) is 6.71. The van der Waals surface area contributed by atoms with E-state index in [2.05, 4.69) is 0 Å². The van der Waals surface area contributed by atoms with Crippen molar-refractivity contribution >= 4 is 5.91 Å². The number of aliphatic hydroxyl groups is 1. The normalized spacial score (nSPS) is 31.2. The summed E-state index contributed by atoms with van der Waals surface area (Å²) in [5.41, 5.74) is 0. The summed E-state index contributed by atoms with van der Waals surface area (Å²) in [6.45, 7) is 1.54. The molecule has 1 aliphatic carbocycles. The molecule has 1 saturated heterocycles. The molecular weight excluding hydrogens is 218 g/mol. The third-order valence-electron chi connectivity index (χ3n) is 4.13. The quantitative estimate of drug-likeness (QED) is 0.789. The van der Waals surface area contributed by atoms with Gasteiger partial charge >= 0.3 is 0 Å². The third kappa shape index (κ3) is 3.19. The second-order valence-corrected chi connectivity index (χ2v) is 5.30. The molecule has 1 aliphatic heterocycles. The lowest BCUT2D eigenvalue weighted by atomic mass is 9.86. The summed E-state index contributed by atoms with van der Waals surface area (Å²) < 4.78 is 5.32. The van der Waals surface area contributed by atoms with Crippen LogP contribution in [0.3, 0.4) is 0 Å². The molecule has 0 unspecified atom stereocenters. The average molecular weight is 241 g/mol. The number of aliphatic hydroxyl groups excluding tert-OH is 1. The van der Waals surface area contributed by atoms with Gasteiger partial charge in [0.25, 0.3) is 0 Å². The summed E-state index contributed by atoms with van der Waals surface area (Å²) >= 11 is 0. The van der Waals surface area contributed by atoms with Gasteiger partial charge in [-0.3, -0.25) is 4.79 Å². The van der Waals surface area contributed by atoms with Crippen molar-refractivity contribution in [3.05, 3.63) is 0 Å². The van der Waals surface area contributed by atoms with Gasteiger partial charge in [0.1, 0.15) is 0 Å². The van der Waals surface area contributed by atoms with Crippen molar-refractivity contribution in [2.24, 2.45) is 5.92 Å². The van der Waals surface area contributed by atoms with Crippen molar-refractivity contribution in [3.8, 4) is 0 Å². The molecule has 1 saturated carbocycles. The molecule has 4 heteroatoms. The first-order chi connectivity index (χ1) is 8.18. The van der Waals surface area contributed by atoms with Crippen molar-refractivity contribution in [2.45, 2.75) is 50.7 Å². The molecule has 2 fully saturated rings. The Kier molecular flexibility index (Phi) is 4.40. The third-order valence-corrected chi connectivity index (χ3v) is 4.13. The van der Waals surface area contributed by atoms with Gasteiger partial charge in [0.2, 0.25) is 5.91 Å². The van der Waals surface area contributed by atoms with E-state index < -0.39 is 0 Å². The fourth-order valence-corrected chi connectivity index (χ4v) is 2.86. The van der Waals surface area contributed by atoms with Crippen LogP contribution < -0.4 is 0 Å². The van der Waals surface area contributed by atoms with E-state index in [4.69, 9.17) is 4.74 Å². The number of carbonyl (C=O) groups excluding carboxylic acids is 1. The van der Waals surface area contributed by atoms with E-state index in [1.807, 2.05) is 11.9 Å². The molecule has 1 heterocycles. The van der Waals surface area contributed by atoms with Crippen molar-refractivity contribution in [2.75, 3.05) is 20.3 Å². The van der Waals surface area contributed by atoms with Crippen LogP contribution in [0.2, 0.25) is 0 Å². The number of nitrogens with zero attached hydrogens (tertiary/aromatic N) is 1. The summed E-state index contributed by atoms with van der Waals surface area (Å²) in [4.78, 5) is 14.2. The molecule has 0 aromatic rings. The van der Waals surface area contributed by atoms with Gasteiger partial charge in [-0.25, -0.2) is 0 Å². The maximum absolute atomic E-state index is 12.3. The molecule has 0 atom stereocenters. The van der Waals surface area contributed by atoms with Crippen LogP contribution in [-0.2, 0) is 9.53 Å². The van der Waals surface area contributed by atoms with E-state index in [-0.39, 0.29) is 17.9 Å². The average Bonchev–Trinajstić information content (AvgIpc) is 2.39. The molecule has 0 radical (unpaired) electrons. The number of ether oxygens (including phenoxy) is 1. The summed E-state index contributed by atoms with van der Waals surface area (Å²) in [6.07, 6.45) is 4.96. The van der Waals surface area contributed by atoms with E-state index in [9.17, 15) is 9.90 Å². The monoisotopic (exact) mass is 241 g/mol. The Labute approximate surface area is 103 Å². The van der Waals surface area contributed by atoms with Crippen LogP contribution in [0, 0.1) is 5.92 Å². The summed E-state index contributed by atoms with van der Waals surface area (Å²) in [6, 6.07) is 0.350. The van der Waals surface area contributed by atoms with Crippen LogP contribution in [0.1, 0.15) is 38.5 Å². The van der Waals surface area contributed by atoms with Crippen LogP contribution in [0.5, 0.6) is 0 Å². The van der Waals surface area contributed by atoms with Crippen molar-refractivity contribution in [1.82, 2.24) is 4.90 Å². The van der Waals surface area contributed by atoms with Crippen LogP contribution in [-0.4, -0.2) is 48.3 Å². The summed E-state index contributed by atoms with van der Waals surface area (Å²) in [7, 11) is 1.92. The van der Waals surface area contributed by atoms with Gasteiger partial charge < -0.3 is 14.7 Å². The highest BCUT2D eigenvalue weighted by Crippen LogP contribution is 2.27. The number of amides is 1. The predicted molar refractivity (Wildman–Crippen MR) is 64.6 cm³/mol. The second kappa shape index (κ2) is 5.83. The van der Waals surface area contributed by atoms with Crippen LogP contribution in [0.4, 0.5) is 0 Å². The maximum atomic E-state index is 12.3. The first kappa shape index (κ1) is 12.8. The molecule has 1 amide bonds. The highest BCUT2D eigenvalue weighted by Gasteiger charge is 2.30. The molecule has 2 aliphatic rings. The standard InChI is InChI=1S/C13H23NO3/c1-14(11-6-8-17-9-7-11)13(16)10-2-4-12(15)5-3-10/h10-12,15H,2-9H2,1H3. The molecule has 17 heavy (non-hydrogen) atoms. The van der Waals surface area contributed by atoms with Gasteiger partial charge in [-0.05, 0) is 38.5 Å². The minimum Gasteiger partial charge on any atom is -0.393 e. The zero-order valence-corrected chi connectivity index (χ0v) is 10.6. The molecular formula is C13H23NO3. The van der Waals surface area contributed by atoms with Gasteiger partial charge in [-0.15, -0.1) is 0 Å². The Morgan fingerprint density at radius 2 is 1.71 bits per heavy atom. The van der Waals surface area contributed by atoms with E-state index in [1.165, 1.54) is 0 Å².